The van der Waals surface area contributed by atoms with Crippen LogP contribution in [0.2, 0.25) is 0 Å². The standard InChI is InChI=1S/C21H25N5O2/c1-6-12-24-19(27)17-18(23(5)21(24)28)22-20-25(13(3)14(4)26(17)20)16-10-8-15(7-2)9-11-16/h8-11H,6-7,12H2,1-5H3. The summed E-state index contributed by atoms with van der Waals surface area (Å²) in [7, 11) is 1.67. The molecule has 7 nitrogen and oxygen atoms in total. The lowest BCUT2D eigenvalue weighted by molar-refractivity contribution is 0.592. The lowest BCUT2D eigenvalue weighted by Gasteiger charge is -2.08. The van der Waals surface area contributed by atoms with Gasteiger partial charge in [-0.15, -0.1) is 0 Å². The Morgan fingerprint density at radius 3 is 2.29 bits per heavy atom. The second kappa shape index (κ2) is 6.51. The number of hydrogen-bond acceptors (Lipinski definition) is 3. The molecule has 3 aromatic heterocycles. The van der Waals surface area contributed by atoms with Gasteiger partial charge in [0.15, 0.2) is 11.2 Å². The molecule has 0 unspecified atom stereocenters. The van der Waals surface area contributed by atoms with E-state index in [1.54, 1.807) is 7.05 Å². The highest BCUT2D eigenvalue weighted by Gasteiger charge is 2.22. The third-order valence-corrected chi connectivity index (χ3v) is 5.57. The SMILES string of the molecule is CCCn1c(=O)c2c(nc3n(-c4ccc(CC)cc4)c(C)c(C)n23)n(C)c1=O. The van der Waals surface area contributed by atoms with E-state index in [1.807, 2.05) is 29.7 Å². The smallest absolute Gasteiger partial charge is 0.283 e. The molecule has 28 heavy (non-hydrogen) atoms. The highest BCUT2D eigenvalue weighted by atomic mass is 16.2. The molecule has 0 saturated heterocycles. The number of imidazole rings is 2. The van der Waals surface area contributed by atoms with Crippen molar-refractivity contribution in [1.29, 1.82) is 0 Å². The largest absolute Gasteiger partial charge is 0.332 e. The Labute approximate surface area is 162 Å². The minimum atomic E-state index is -0.326. The van der Waals surface area contributed by atoms with Crippen LogP contribution in [0.3, 0.4) is 0 Å². The fraction of sp³-hybridized carbons (Fsp3) is 0.381. The van der Waals surface area contributed by atoms with E-state index in [0.29, 0.717) is 29.9 Å². The minimum absolute atomic E-state index is 0.283. The Morgan fingerprint density at radius 2 is 1.68 bits per heavy atom. The van der Waals surface area contributed by atoms with Crippen LogP contribution in [-0.4, -0.2) is 23.1 Å². The maximum atomic E-state index is 13.1. The first kappa shape index (κ1) is 18.3. The first-order valence-corrected chi connectivity index (χ1v) is 9.69. The predicted molar refractivity (Wildman–Crippen MR) is 111 cm³/mol. The van der Waals surface area contributed by atoms with Crippen LogP contribution in [0.25, 0.3) is 22.6 Å². The maximum Gasteiger partial charge on any atom is 0.332 e. The van der Waals surface area contributed by atoms with Gasteiger partial charge in [0.05, 0.1) is 0 Å². The first-order valence-electron chi connectivity index (χ1n) is 9.69. The van der Waals surface area contributed by atoms with Gasteiger partial charge in [-0.2, -0.15) is 4.98 Å². The number of aryl methyl sites for hydroxylation is 3. The molecule has 7 heteroatoms. The van der Waals surface area contributed by atoms with E-state index in [-0.39, 0.29) is 11.2 Å². The number of rotatable bonds is 4. The van der Waals surface area contributed by atoms with Crippen molar-refractivity contribution in [1.82, 2.24) is 23.1 Å². The average molecular weight is 379 g/mol. The van der Waals surface area contributed by atoms with Gasteiger partial charge in [-0.25, -0.2) is 4.79 Å². The van der Waals surface area contributed by atoms with Gasteiger partial charge in [0.1, 0.15) is 0 Å². The summed E-state index contributed by atoms with van der Waals surface area (Å²) in [5.74, 6) is 0.649. The van der Waals surface area contributed by atoms with Crippen LogP contribution in [0, 0.1) is 13.8 Å². The average Bonchev–Trinajstić information content (AvgIpc) is 3.19. The number of nitrogens with zero attached hydrogens (tertiary/aromatic N) is 5. The van der Waals surface area contributed by atoms with E-state index < -0.39 is 0 Å². The van der Waals surface area contributed by atoms with Crippen molar-refractivity contribution in [2.45, 2.75) is 47.1 Å². The van der Waals surface area contributed by atoms with E-state index in [0.717, 1.165) is 23.5 Å². The number of benzene rings is 1. The molecule has 0 spiro atoms. The van der Waals surface area contributed by atoms with Gasteiger partial charge in [0.2, 0.25) is 5.78 Å². The Balaban J connectivity index is 2.14. The van der Waals surface area contributed by atoms with Gasteiger partial charge in [-0.3, -0.25) is 22.9 Å². The van der Waals surface area contributed by atoms with Gasteiger partial charge in [-0.05, 0) is 44.4 Å². The molecular weight excluding hydrogens is 354 g/mol. The summed E-state index contributed by atoms with van der Waals surface area (Å²) in [6.45, 7) is 8.48. The molecule has 4 aromatic rings. The molecule has 0 aliphatic heterocycles. The molecule has 0 amide bonds. The molecule has 0 aliphatic carbocycles. The normalized spacial score (nSPS) is 11.8. The van der Waals surface area contributed by atoms with E-state index in [9.17, 15) is 9.59 Å². The summed E-state index contributed by atoms with van der Waals surface area (Å²) in [6, 6.07) is 8.35. The van der Waals surface area contributed by atoms with E-state index >= 15 is 0 Å². The quantitative estimate of drug-likeness (QED) is 0.548. The van der Waals surface area contributed by atoms with Crippen molar-refractivity contribution >= 4 is 16.9 Å². The van der Waals surface area contributed by atoms with Crippen LogP contribution in [0.5, 0.6) is 0 Å². The van der Waals surface area contributed by atoms with Crippen molar-refractivity contribution in [3.05, 3.63) is 62.1 Å². The number of aromatic nitrogens is 5. The van der Waals surface area contributed by atoms with E-state index in [2.05, 4.69) is 31.2 Å². The zero-order valence-corrected chi connectivity index (χ0v) is 17.0. The summed E-state index contributed by atoms with van der Waals surface area (Å²) >= 11 is 0. The monoisotopic (exact) mass is 379 g/mol. The third-order valence-electron chi connectivity index (χ3n) is 5.57. The molecule has 0 radical (unpaired) electrons. The van der Waals surface area contributed by atoms with Crippen LogP contribution in [-0.2, 0) is 20.0 Å². The lowest BCUT2D eigenvalue weighted by atomic mass is 10.1. The molecule has 0 N–H and O–H groups in total. The second-order valence-electron chi connectivity index (χ2n) is 7.24. The van der Waals surface area contributed by atoms with Crippen LogP contribution in [0.4, 0.5) is 0 Å². The molecule has 0 fully saturated rings. The number of hydrogen-bond donors (Lipinski definition) is 0. The Kier molecular flexibility index (Phi) is 4.25. The highest BCUT2D eigenvalue weighted by Crippen LogP contribution is 2.24. The van der Waals surface area contributed by atoms with Crippen LogP contribution >= 0.6 is 0 Å². The molecule has 0 aliphatic rings. The van der Waals surface area contributed by atoms with Crippen molar-refractivity contribution in [2.24, 2.45) is 7.05 Å². The van der Waals surface area contributed by atoms with Crippen LogP contribution in [0.15, 0.2) is 33.9 Å². The first-order chi connectivity index (χ1) is 13.4. The molecule has 1 aromatic carbocycles. The minimum Gasteiger partial charge on any atom is -0.283 e. The summed E-state index contributed by atoms with van der Waals surface area (Å²) < 4.78 is 6.70. The Bertz CT molecular complexity index is 1320. The zero-order valence-electron chi connectivity index (χ0n) is 17.0. The third kappa shape index (κ3) is 2.38. The Morgan fingerprint density at radius 1 is 1.00 bits per heavy atom. The fourth-order valence-electron chi connectivity index (χ4n) is 3.86. The lowest BCUT2D eigenvalue weighted by Crippen LogP contribution is -2.39. The van der Waals surface area contributed by atoms with Crippen molar-refractivity contribution in [2.75, 3.05) is 0 Å². The van der Waals surface area contributed by atoms with Gasteiger partial charge >= 0.3 is 5.69 Å². The molecule has 3 heterocycles. The Hall–Kier alpha value is -3.09. The van der Waals surface area contributed by atoms with Gasteiger partial charge in [0.25, 0.3) is 5.56 Å². The van der Waals surface area contributed by atoms with Crippen LogP contribution in [0.1, 0.15) is 37.2 Å². The molecule has 0 bridgehead atoms. The van der Waals surface area contributed by atoms with Gasteiger partial charge in [0, 0.05) is 30.7 Å². The van der Waals surface area contributed by atoms with Gasteiger partial charge in [-0.1, -0.05) is 26.0 Å². The highest BCUT2D eigenvalue weighted by molar-refractivity contribution is 5.77. The molecule has 146 valence electrons. The van der Waals surface area contributed by atoms with Crippen molar-refractivity contribution in [3.8, 4) is 5.69 Å². The number of fused-ring (bicyclic) bond motifs is 3. The van der Waals surface area contributed by atoms with Crippen molar-refractivity contribution < 1.29 is 0 Å². The summed E-state index contributed by atoms with van der Waals surface area (Å²) in [5.41, 5.74) is 4.47. The molecule has 4 rings (SSSR count). The predicted octanol–water partition coefficient (Wildman–Crippen LogP) is 2.73. The molecule has 0 atom stereocenters. The second-order valence-corrected chi connectivity index (χ2v) is 7.24. The molecular formula is C21H25N5O2. The topological polar surface area (TPSA) is 66.2 Å². The zero-order chi connectivity index (χ0) is 20.2. The summed E-state index contributed by atoms with van der Waals surface area (Å²) in [6.07, 6.45) is 1.69. The fourth-order valence-corrected chi connectivity index (χ4v) is 3.86. The van der Waals surface area contributed by atoms with Crippen LogP contribution < -0.4 is 11.2 Å². The van der Waals surface area contributed by atoms with E-state index in [4.69, 9.17) is 4.98 Å². The maximum absolute atomic E-state index is 13.1. The van der Waals surface area contributed by atoms with Crippen molar-refractivity contribution in [3.63, 3.8) is 0 Å². The summed E-state index contributed by atoms with van der Waals surface area (Å²) in [4.78, 5) is 30.5. The molecule has 0 saturated carbocycles. The van der Waals surface area contributed by atoms with E-state index in [1.165, 1.54) is 14.7 Å². The summed E-state index contributed by atoms with van der Waals surface area (Å²) in [5, 5.41) is 0. The van der Waals surface area contributed by atoms with Gasteiger partial charge < -0.3 is 0 Å².